The minimum absolute atomic E-state index is 0.0630. The van der Waals surface area contributed by atoms with Crippen molar-refractivity contribution in [3.05, 3.63) is 62.6 Å². The van der Waals surface area contributed by atoms with Gasteiger partial charge in [0.05, 0.1) is 16.0 Å². The second-order valence-corrected chi connectivity index (χ2v) is 8.26. The number of fused-ring (bicyclic) bond motifs is 2. The van der Waals surface area contributed by atoms with Gasteiger partial charge in [0.1, 0.15) is 12.7 Å². The van der Waals surface area contributed by atoms with Crippen LogP contribution in [-0.4, -0.2) is 51.7 Å². The average Bonchev–Trinajstić information content (AvgIpc) is 3.08. The average molecular weight is 424 g/mol. The van der Waals surface area contributed by atoms with Gasteiger partial charge in [-0.2, -0.15) is 0 Å². The third kappa shape index (κ3) is 3.65. The molecule has 2 aliphatic heterocycles. The van der Waals surface area contributed by atoms with E-state index in [1.807, 2.05) is 23.6 Å². The molecule has 1 fully saturated rings. The number of nitrogens with zero attached hydrogens (tertiary/aromatic N) is 3. The highest BCUT2D eigenvalue weighted by Crippen LogP contribution is 2.40. The van der Waals surface area contributed by atoms with Gasteiger partial charge in [-0.25, -0.2) is 4.79 Å². The molecule has 2 aliphatic rings. The van der Waals surface area contributed by atoms with E-state index in [2.05, 4.69) is 16.0 Å². The molecule has 1 saturated heterocycles. The number of para-hydroxylation sites is 1. The molecule has 3 aromatic rings. The first-order valence-corrected chi connectivity index (χ1v) is 10.5. The summed E-state index contributed by atoms with van der Waals surface area (Å²) in [6.07, 6.45) is 1.43. The SMILES string of the molecule is Cc1ccc2[nH]c(=O)n(C3CCN(CC4COc5cccc([N+](=O)[O-])c5O4)CC3)c2c1. The molecular weight excluding hydrogens is 400 g/mol. The van der Waals surface area contributed by atoms with Crippen molar-refractivity contribution in [1.29, 1.82) is 0 Å². The van der Waals surface area contributed by atoms with Gasteiger partial charge >= 0.3 is 11.4 Å². The van der Waals surface area contributed by atoms with Gasteiger partial charge in [0, 0.05) is 31.7 Å². The van der Waals surface area contributed by atoms with Crippen molar-refractivity contribution in [2.75, 3.05) is 26.2 Å². The lowest BCUT2D eigenvalue weighted by molar-refractivity contribution is -0.386. The highest BCUT2D eigenvalue weighted by atomic mass is 16.6. The molecule has 1 N–H and O–H groups in total. The van der Waals surface area contributed by atoms with E-state index < -0.39 is 4.92 Å². The Morgan fingerprint density at radius 1 is 1.23 bits per heavy atom. The van der Waals surface area contributed by atoms with Crippen LogP contribution in [0, 0.1) is 17.0 Å². The molecule has 162 valence electrons. The molecule has 2 aromatic carbocycles. The minimum Gasteiger partial charge on any atom is -0.485 e. The predicted molar refractivity (Wildman–Crippen MR) is 115 cm³/mol. The van der Waals surface area contributed by atoms with Crippen molar-refractivity contribution >= 4 is 16.7 Å². The Morgan fingerprint density at radius 3 is 2.81 bits per heavy atom. The number of nitro groups is 1. The summed E-state index contributed by atoms with van der Waals surface area (Å²) in [5.74, 6) is 0.623. The molecular formula is C22H24N4O5. The third-order valence-electron chi connectivity index (χ3n) is 6.12. The number of aromatic nitrogens is 2. The minimum atomic E-state index is -0.448. The van der Waals surface area contributed by atoms with Crippen LogP contribution in [0.5, 0.6) is 11.5 Å². The highest BCUT2D eigenvalue weighted by molar-refractivity contribution is 5.76. The normalized spacial score (nSPS) is 19.6. The number of aromatic amines is 1. The van der Waals surface area contributed by atoms with E-state index in [0.717, 1.165) is 42.5 Å². The first-order chi connectivity index (χ1) is 15.0. The lowest BCUT2D eigenvalue weighted by atomic mass is 10.0. The summed E-state index contributed by atoms with van der Waals surface area (Å²) in [6.45, 7) is 4.65. The van der Waals surface area contributed by atoms with E-state index in [0.29, 0.717) is 18.9 Å². The van der Waals surface area contributed by atoms with Crippen molar-refractivity contribution in [3.8, 4) is 11.5 Å². The number of nitro benzene ring substituents is 1. The zero-order valence-corrected chi connectivity index (χ0v) is 17.2. The summed E-state index contributed by atoms with van der Waals surface area (Å²) >= 11 is 0. The maximum atomic E-state index is 12.6. The number of H-pyrrole nitrogens is 1. The zero-order valence-electron chi connectivity index (χ0n) is 17.2. The summed E-state index contributed by atoms with van der Waals surface area (Å²) in [5, 5.41) is 11.3. The second-order valence-electron chi connectivity index (χ2n) is 8.26. The number of piperidine rings is 1. The number of hydrogen-bond donors (Lipinski definition) is 1. The molecule has 0 amide bonds. The van der Waals surface area contributed by atoms with Crippen molar-refractivity contribution in [3.63, 3.8) is 0 Å². The number of ether oxygens (including phenoxy) is 2. The molecule has 0 bridgehead atoms. The molecule has 1 unspecified atom stereocenters. The first kappa shape index (κ1) is 19.6. The summed E-state index contributed by atoms with van der Waals surface area (Å²) in [4.78, 5) is 28.6. The van der Waals surface area contributed by atoms with Gasteiger partial charge in [0.2, 0.25) is 5.75 Å². The Bertz CT molecular complexity index is 1190. The molecule has 5 rings (SSSR count). The van der Waals surface area contributed by atoms with E-state index in [-0.39, 0.29) is 29.3 Å². The van der Waals surface area contributed by atoms with Crippen molar-refractivity contribution in [2.45, 2.75) is 31.9 Å². The third-order valence-corrected chi connectivity index (χ3v) is 6.12. The molecule has 31 heavy (non-hydrogen) atoms. The summed E-state index contributed by atoms with van der Waals surface area (Å²) in [6, 6.07) is 10.9. The molecule has 0 saturated carbocycles. The number of imidazole rings is 1. The number of hydrogen-bond acceptors (Lipinski definition) is 6. The number of rotatable bonds is 4. The van der Waals surface area contributed by atoms with Crippen LogP contribution in [0.1, 0.15) is 24.4 Å². The fourth-order valence-electron chi connectivity index (χ4n) is 4.60. The molecule has 1 atom stereocenters. The van der Waals surface area contributed by atoms with Crippen LogP contribution in [0.25, 0.3) is 11.0 Å². The number of likely N-dealkylation sites (tertiary alicyclic amines) is 1. The van der Waals surface area contributed by atoms with Crippen molar-refractivity contribution < 1.29 is 14.4 Å². The van der Waals surface area contributed by atoms with Crippen LogP contribution in [0.4, 0.5) is 5.69 Å². The molecule has 9 heteroatoms. The largest absolute Gasteiger partial charge is 0.485 e. The van der Waals surface area contributed by atoms with Crippen LogP contribution >= 0.6 is 0 Å². The van der Waals surface area contributed by atoms with E-state index in [1.165, 1.54) is 6.07 Å². The maximum Gasteiger partial charge on any atom is 0.326 e. The fraction of sp³-hybridized carbons (Fsp3) is 0.409. The Morgan fingerprint density at radius 2 is 2.03 bits per heavy atom. The quantitative estimate of drug-likeness (QED) is 0.510. The van der Waals surface area contributed by atoms with Crippen molar-refractivity contribution in [1.82, 2.24) is 14.5 Å². The van der Waals surface area contributed by atoms with Crippen LogP contribution < -0.4 is 15.2 Å². The number of aryl methyl sites for hydroxylation is 1. The Kier molecular flexibility index (Phi) is 4.90. The van der Waals surface area contributed by atoms with Gasteiger partial charge < -0.3 is 14.5 Å². The summed E-state index contributed by atoms with van der Waals surface area (Å²) in [5.41, 5.74) is 2.81. The Hall–Kier alpha value is -3.33. The topological polar surface area (TPSA) is 103 Å². The smallest absolute Gasteiger partial charge is 0.326 e. The van der Waals surface area contributed by atoms with E-state index in [4.69, 9.17) is 9.47 Å². The summed E-state index contributed by atoms with van der Waals surface area (Å²) in [7, 11) is 0. The van der Waals surface area contributed by atoms with Crippen LogP contribution in [0.3, 0.4) is 0 Å². The zero-order chi connectivity index (χ0) is 21.5. The molecule has 3 heterocycles. The van der Waals surface area contributed by atoms with Gasteiger partial charge in [0.15, 0.2) is 5.75 Å². The monoisotopic (exact) mass is 424 g/mol. The Balaban J connectivity index is 1.25. The van der Waals surface area contributed by atoms with E-state index >= 15 is 0 Å². The lowest BCUT2D eigenvalue weighted by Crippen LogP contribution is -2.45. The van der Waals surface area contributed by atoms with Crippen LogP contribution in [0.2, 0.25) is 0 Å². The molecule has 1 aromatic heterocycles. The molecule has 0 spiro atoms. The molecule has 9 nitrogen and oxygen atoms in total. The fourth-order valence-corrected chi connectivity index (χ4v) is 4.60. The van der Waals surface area contributed by atoms with Crippen molar-refractivity contribution in [2.24, 2.45) is 0 Å². The van der Waals surface area contributed by atoms with Crippen LogP contribution in [0.15, 0.2) is 41.2 Å². The van der Waals surface area contributed by atoms with Gasteiger partial charge in [0.25, 0.3) is 0 Å². The number of benzene rings is 2. The van der Waals surface area contributed by atoms with E-state index in [9.17, 15) is 14.9 Å². The second kappa shape index (κ2) is 7.73. The first-order valence-electron chi connectivity index (χ1n) is 10.5. The maximum absolute atomic E-state index is 12.6. The van der Waals surface area contributed by atoms with Gasteiger partial charge in [-0.15, -0.1) is 0 Å². The Labute approximate surface area is 178 Å². The number of nitrogens with one attached hydrogen (secondary N) is 1. The lowest BCUT2D eigenvalue weighted by Gasteiger charge is -2.35. The van der Waals surface area contributed by atoms with Crippen LogP contribution in [-0.2, 0) is 0 Å². The summed E-state index contributed by atoms with van der Waals surface area (Å²) < 4.78 is 13.6. The van der Waals surface area contributed by atoms with Gasteiger partial charge in [-0.3, -0.25) is 19.6 Å². The standard InChI is InChI=1S/C22H24N4O5/c1-14-5-6-17-19(11-14)25(22(27)23-17)15-7-9-24(10-8-15)12-16-13-30-20-4-2-3-18(26(28)29)21(20)31-16/h2-6,11,15-16H,7-10,12-13H2,1H3,(H,23,27). The van der Waals surface area contributed by atoms with Gasteiger partial charge in [-0.1, -0.05) is 12.1 Å². The van der Waals surface area contributed by atoms with E-state index in [1.54, 1.807) is 12.1 Å². The molecule has 0 aliphatic carbocycles. The predicted octanol–water partition coefficient (Wildman–Crippen LogP) is 3.02. The highest BCUT2D eigenvalue weighted by Gasteiger charge is 2.31. The molecule has 0 radical (unpaired) electrons. The van der Waals surface area contributed by atoms with Gasteiger partial charge in [-0.05, 0) is 43.5 Å².